The lowest BCUT2D eigenvalue weighted by molar-refractivity contribution is -0.134. The Bertz CT molecular complexity index is 221. The summed E-state index contributed by atoms with van der Waals surface area (Å²) in [6.07, 6.45) is 4.89. The number of hydrogen-bond donors (Lipinski definition) is 1. The average molecular weight is 181 g/mol. The molecule has 0 fully saturated rings. The van der Waals surface area contributed by atoms with Crippen LogP contribution >= 0.6 is 0 Å². The molecule has 3 nitrogen and oxygen atoms in total. The zero-order valence-corrected chi connectivity index (χ0v) is 7.86. The Morgan fingerprint density at radius 2 is 1.85 bits per heavy atom. The highest BCUT2D eigenvalue weighted by molar-refractivity contribution is 5.85. The van der Waals surface area contributed by atoms with Crippen molar-refractivity contribution in [3.63, 3.8) is 0 Å². The highest BCUT2D eigenvalue weighted by Crippen LogP contribution is 2.04. The first-order chi connectivity index (χ1) is 6.17. The first-order valence-electron chi connectivity index (χ1n) is 4.03. The smallest absolute Gasteiger partial charge is 0.351 e. The minimum absolute atomic E-state index is 0.278. The van der Waals surface area contributed by atoms with E-state index in [9.17, 15) is 4.79 Å². The van der Waals surface area contributed by atoms with Gasteiger partial charge in [-0.05, 0) is 6.92 Å². The summed E-state index contributed by atoms with van der Waals surface area (Å²) in [4.78, 5) is 12.4. The lowest BCUT2D eigenvalue weighted by Crippen LogP contribution is -2.27. The fourth-order valence-electron chi connectivity index (χ4n) is 1.02. The molecule has 0 rings (SSSR count). The minimum Gasteiger partial charge on any atom is -0.477 e. The number of carboxylic acids is 1. The van der Waals surface area contributed by atoms with Crippen LogP contribution in [0.4, 0.5) is 0 Å². The van der Waals surface area contributed by atoms with Crippen LogP contribution in [0.3, 0.4) is 0 Å². The standard InChI is InChI=1S/C10H15NO2/c1-4-7-11(8-5-2)9(6-3)10(12)13/h4-6H,1-2,7-8H2,3H3,(H,12,13)/b9-6-. The van der Waals surface area contributed by atoms with Crippen molar-refractivity contribution in [1.29, 1.82) is 0 Å². The largest absolute Gasteiger partial charge is 0.477 e. The van der Waals surface area contributed by atoms with Crippen LogP contribution in [-0.4, -0.2) is 29.1 Å². The van der Waals surface area contributed by atoms with Crippen LogP contribution in [-0.2, 0) is 4.79 Å². The molecule has 3 heteroatoms. The number of nitrogens with zero attached hydrogens (tertiary/aromatic N) is 1. The molecule has 0 saturated carbocycles. The molecule has 0 radical (unpaired) electrons. The lowest BCUT2D eigenvalue weighted by atomic mass is 10.3. The Morgan fingerprint density at radius 3 is 2.08 bits per heavy atom. The normalized spacial score (nSPS) is 10.7. The minimum atomic E-state index is -0.925. The van der Waals surface area contributed by atoms with Gasteiger partial charge in [0.1, 0.15) is 5.70 Å². The van der Waals surface area contributed by atoms with Gasteiger partial charge in [0.15, 0.2) is 0 Å². The molecule has 0 aromatic carbocycles. The summed E-state index contributed by atoms with van der Waals surface area (Å²) in [6, 6.07) is 0. The maximum absolute atomic E-state index is 10.7. The van der Waals surface area contributed by atoms with E-state index >= 15 is 0 Å². The zero-order chi connectivity index (χ0) is 10.3. The Hall–Kier alpha value is -1.51. The summed E-state index contributed by atoms with van der Waals surface area (Å²) < 4.78 is 0. The molecule has 13 heavy (non-hydrogen) atoms. The SMILES string of the molecule is C=CCN(CC=C)/C(=C\C)C(=O)O. The van der Waals surface area contributed by atoms with E-state index in [1.54, 1.807) is 30.1 Å². The highest BCUT2D eigenvalue weighted by Gasteiger charge is 2.12. The van der Waals surface area contributed by atoms with Crippen molar-refractivity contribution in [3.05, 3.63) is 37.1 Å². The van der Waals surface area contributed by atoms with Crippen LogP contribution < -0.4 is 0 Å². The number of carboxylic acid groups (broad SMARTS) is 1. The average Bonchev–Trinajstić information content (AvgIpc) is 2.05. The first kappa shape index (κ1) is 11.5. The molecule has 0 spiro atoms. The van der Waals surface area contributed by atoms with E-state index in [0.29, 0.717) is 13.1 Å². The molecule has 0 saturated heterocycles. The second kappa shape index (κ2) is 6.06. The quantitative estimate of drug-likeness (QED) is 0.500. The molecule has 0 atom stereocenters. The highest BCUT2D eigenvalue weighted by atomic mass is 16.4. The predicted octanol–water partition coefficient (Wildman–Crippen LogP) is 1.65. The summed E-state index contributed by atoms with van der Waals surface area (Å²) in [6.45, 7) is 9.85. The predicted molar refractivity (Wildman–Crippen MR) is 53.4 cm³/mol. The zero-order valence-electron chi connectivity index (χ0n) is 7.86. The Morgan fingerprint density at radius 1 is 1.38 bits per heavy atom. The second-order valence-corrected chi connectivity index (χ2v) is 2.46. The Balaban J connectivity index is 4.57. The third kappa shape index (κ3) is 3.60. The van der Waals surface area contributed by atoms with Gasteiger partial charge >= 0.3 is 5.97 Å². The number of hydrogen-bond acceptors (Lipinski definition) is 2. The first-order valence-corrected chi connectivity index (χ1v) is 4.03. The van der Waals surface area contributed by atoms with Crippen molar-refractivity contribution < 1.29 is 9.90 Å². The van der Waals surface area contributed by atoms with Gasteiger partial charge in [-0.2, -0.15) is 0 Å². The molecular formula is C10H15NO2. The fraction of sp³-hybridized carbons (Fsp3) is 0.300. The maximum Gasteiger partial charge on any atom is 0.351 e. The van der Waals surface area contributed by atoms with E-state index in [2.05, 4.69) is 13.2 Å². The van der Waals surface area contributed by atoms with Gasteiger partial charge in [0.2, 0.25) is 0 Å². The Kier molecular flexibility index (Phi) is 5.35. The third-order valence-corrected chi connectivity index (χ3v) is 1.53. The summed E-state index contributed by atoms with van der Waals surface area (Å²) >= 11 is 0. The maximum atomic E-state index is 10.7. The molecule has 0 aromatic heterocycles. The van der Waals surface area contributed by atoms with E-state index in [1.165, 1.54) is 0 Å². The fourth-order valence-corrected chi connectivity index (χ4v) is 1.02. The molecule has 0 bridgehead atoms. The van der Waals surface area contributed by atoms with Gasteiger partial charge in [-0.25, -0.2) is 4.79 Å². The number of rotatable bonds is 6. The van der Waals surface area contributed by atoms with E-state index in [-0.39, 0.29) is 5.70 Å². The van der Waals surface area contributed by atoms with Gasteiger partial charge < -0.3 is 10.0 Å². The number of aliphatic carboxylic acids is 1. The van der Waals surface area contributed by atoms with Gasteiger partial charge in [0.05, 0.1) is 0 Å². The van der Waals surface area contributed by atoms with Crippen molar-refractivity contribution in [1.82, 2.24) is 4.90 Å². The summed E-state index contributed by atoms with van der Waals surface area (Å²) in [5.74, 6) is -0.925. The topological polar surface area (TPSA) is 40.5 Å². The molecule has 0 aliphatic carbocycles. The van der Waals surface area contributed by atoms with E-state index in [0.717, 1.165) is 0 Å². The van der Waals surface area contributed by atoms with E-state index in [1.807, 2.05) is 0 Å². The molecule has 1 N–H and O–H groups in total. The van der Waals surface area contributed by atoms with E-state index < -0.39 is 5.97 Å². The van der Waals surface area contributed by atoms with Gasteiger partial charge in [-0.1, -0.05) is 18.2 Å². The molecule has 0 aromatic rings. The molecule has 0 amide bonds. The summed E-state index contributed by atoms with van der Waals surface area (Å²) in [5, 5.41) is 8.82. The van der Waals surface area contributed by atoms with Crippen molar-refractivity contribution in [2.45, 2.75) is 6.92 Å². The van der Waals surface area contributed by atoms with Crippen LogP contribution in [0.2, 0.25) is 0 Å². The number of carbonyl (C=O) groups is 1. The van der Waals surface area contributed by atoms with Crippen molar-refractivity contribution in [2.24, 2.45) is 0 Å². The van der Waals surface area contributed by atoms with Gasteiger partial charge in [0, 0.05) is 13.1 Å². The second-order valence-electron chi connectivity index (χ2n) is 2.46. The third-order valence-electron chi connectivity index (χ3n) is 1.53. The van der Waals surface area contributed by atoms with Gasteiger partial charge in [-0.15, -0.1) is 13.2 Å². The van der Waals surface area contributed by atoms with Crippen LogP contribution in [0, 0.1) is 0 Å². The lowest BCUT2D eigenvalue weighted by Gasteiger charge is -2.21. The molecule has 72 valence electrons. The molecule has 0 heterocycles. The van der Waals surface area contributed by atoms with Crippen LogP contribution in [0.25, 0.3) is 0 Å². The number of allylic oxidation sites excluding steroid dienone is 1. The van der Waals surface area contributed by atoms with Crippen LogP contribution in [0.5, 0.6) is 0 Å². The van der Waals surface area contributed by atoms with Crippen LogP contribution in [0.1, 0.15) is 6.92 Å². The van der Waals surface area contributed by atoms with E-state index in [4.69, 9.17) is 5.11 Å². The van der Waals surface area contributed by atoms with Crippen molar-refractivity contribution in [2.75, 3.05) is 13.1 Å². The summed E-state index contributed by atoms with van der Waals surface area (Å²) in [7, 11) is 0. The molecule has 0 unspecified atom stereocenters. The monoisotopic (exact) mass is 181 g/mol. The van der Waals surface area contributed by atoms with Crippen molar-refractivity contribution in [3.8, 4) is 0 Å². The molecule has 0 aliphatic heterocycles. The molecular weight excluding hydrogens is 166 g/mol. The van der Waals surface area contributed by atoms with Gasteiger partial charge in [-0.3, -0.25) is 0 Å². The van der Waals surface area contributed by atoms with Crippen molar-refractivity contribution >= 4 is 5.97 Å². The summed E-state index contributed by atoms with van der Waals surface area (Å²) in [5.41, 5.74) is 0.278. The van der Waals surface area contributed by atoms with Gasteiger partial charge in [0.25, 0.3) is 0 Å². The molecule has 0 aliphatic rings. The Labute approximate surface area is 78.7 Å². The van der Waals surface area contributed by atoms with Crippen LogP contribution in [0.15, 0.2) is 37.1 Å².